The minimum Gasteiger partial charge on any atom is -0.506 e. The van der Waals surface area contributed by atoms with Crippen molar-refractivity contribution < 1.29 is 5.11 Å². The third-order valence-electron chi connectivity index (χ3n) is 3.80. The van der Waals surface area contributed by atoms with Crippen molar-refractivity contribution >= 4 is 11.4 Å². The van der Waals surface area contributed by atoms with Crippen LogP contribution in [0.15, 0.2) is 47.5 Å². The molecule has 4 nitrogen and oxygen atoms in total. The number of aromatic hydroxyl groups is 1. The van der Waals surface area contributed by atoms with Gasteiger partial charge in [-0.1, -0.05) is 25.6 Å². The summed E-state index contributed by atoms with van der Waals surface area (Å²) in [5.74, 6) is 1.19. The van der Waals surface area contributed by atoms with Gasteiger partial charge in [0.15, 0.2) is 0 Å². The van der Waals surface area contributed by atoms with Crippen molar-refractivity contribution in [1.29, 1.82) is 0 Å². The van der Waals surface area contributed by atoms with Gasteiger partial charge < -0.3 is 21.1 Å². The van der Waals surface area contributed by atoms with Crippen LogP contribution in [-0.2, 0) is 0 Å². The predicted molar refractivity (Wildman–Crippen MR) is 82.5 cm³/mol. The Bertz CT molecular complexity index is 671. The number of phenols is 1. The van der Waals surface area contributed by atoms with E-state index in [1.54, 1.807) is 6.07 Å². The SMILES string of the molecule is C=C(N)C1=C2Nc3c(O)ccc(C)c3N2C/C1=C/CC. The molecule has 1 aromatic rings. The first-order valence-electron chi connectivity index (χ1n) is 6.80. The molecule has 20 heavy (non-hydrogen) atoms. The summed E-state index contributed by atoms with van der Waals surface area (Å²) in [5.41, 5.74) is 11.6. The van der Waals surface area contributed by atoms with Crippen molar-refractivity contribution in [2.24, 2.45) is 5.73 Å². The highest BCUT2D eigenvalue weighted by atomic mass is 16.3. The third kappa shape index (κ3) is 1.61. The van der Waals surface area contributed by atoms with Crippen molar-refractivity contribution in [3.63, 3.8) is 0 Å². The molecule has 4 heteroatoms. The summed E-state index contributed by atoms with van der Waals surface area (Å²) in [4.78, 5) is 2.17. The molecule has 0 aromatic heterocycles. The molecular weight excluding hydrogens is 250 g/mol. The Morgan fingerprint density at radius 2 is 2.30 bits per heavy atom. The number of fused-ring (bicyclic) bond motifs is 3. The standard InChI is InChI=1S/C16H19N3O/c1-4-5-11-8-19-15-9(2)6-7-12(20)14(15)18-16(19)13(11)10(3)17/h5-7,18,20H,3-4,8,17H2,1-2H3/b11-5-. The number of rotatable bonds is 2. The van der Waals surface area contributed by atoms with Gasteiger partial charge in [-0.3, -0.25) is 0 Å². The van der Waals surface area contributed by atoms with Gasteiger partial charge in [-0.05, 0) is 30.5 Å². The van der Waals surface area contributed by atoms with Crippen LogP contribution in [0.5, 0.6) is 5.75 Å². The second kappa shape index (κ2) is 4.34. The Labute approximate surface area is 118 Å². The molecule has 0 spiro atoms. The number of benzene rings is 1. The van der Waals surface area contributed by atoms with Gasteiger partial charge in [-0.2, -0.15) is 0 Å². The Kier molecular flexibility index (Phi) is 2.74. The molecule has 2 aliphatic heterocycles. The first-order valence-corrected chi connectivity index (χ1v) is 6.80. The van der Waals surface area contributed by atoms with Crippen molar-refractivity contribution in [1.82, 2.24) is 0 Å². The number of anilines is 2. The molecule has 0 saturated heterocycles. The van der Waals surface area contributed by atoms with Crippen LogP contribution >= 0.6 is 0 Å². The minimum atomic E-state index is 0.260. The lowest BCUT2D eigenvalue weighted by Crippen LogP contribution is -2.17. The summed E-state index contributed by atoms with van der Waals surface area (Å²) >= 11 is 0. The number of nitrogens with two attached hydrogens (primary N) is 1. The highest BCUT2D eigenvalue weighted by Crippen LogP contribution is 2.49. The van der Waals surface area contributed by atoms with E-state index in [9.17, 15) is 5.11 Å². The second-order valence-electron chi connectivity index (χ2n) is 5.22. The number of aryl methyl sites for hydroxylation is 1. The Morgan fingerprint density at radius 3 is 2.95 bits per heavy atom. The fraction of sp³-hybridized carbons (Fsp3) is 0.250. The molecule has 0 fully saturated rings. The molecule has 0 saturated carbocycles. The average Bonchev–Trinajstić information content (AvgIpc) is 2.90. The maximum absolute atomic E-state index is 10.0. The number of nitrogens with one attached hydrogen (secondary N) is 1. The van der Waals surface area contributed by atoms with E-state index in [1.165, 1.54) is 5.57 Å². The molecule has 104 valence electrons. The smallest absolute Gasteiger partial charge is 0.141 e. The van der Waals surface area contributed by atoms with E-state index < -0.39 is 0 Å². The zero-order valence-corrected chi connectivity index (χ0v) is 11.8. The normalized spacial score (nSPS) is 18.3. The summed E-state index contributed by atoms with van der Waals surface area (Å²) < 4.78 is 0. The molecule has 0 radical (unpaired) electrons. The summed E-state index contributed by atoms with van der Waals surface area (Å²) in [5, 5.41) is 13.3. The number of phenolic OH excluding ortho intramolecular Hbond substituents is 1. The molecule has 0 amide bonds. The molecule has 0 aliphatic carbocycles. The third-order valence-corrected chi connectivity index (χ3v) is 3.80. The predicted octanol–water partition coefficient (Wildman–Crippen LogP) is 2.97. The van der Waals surface area contributed by atoms with Crippen LogP contribution in [-0.4, -0.2) is 11.7 Å². The van der Waals surface area contributed by atoms with Crippen LogP contribution in [0.25, 0.3) is 0 Å². The highest BCUT2D eigenvalue weighted by molar-refractivity contribution is 5.91. The zero-order valence-electron chi connectivity index (χ0n) is 11.8. The topological polar surface area (TPSA) is 61.5 Å². The van der Waals surface area contributed by atoms with Gasteiger partial charge in [-0.15, -0.1) is 0 Å². The fourth-order valence-corrected chi connectivity index (χ4v) is 2.98. The van der Waals surface area contributed by atoms with E-state index in [1.807, 2.05) is 13.0 Å². The largest absolute Gasteiger partial charge is 0.506 e. The van der Waals surface area contributed by atoms with Crippen LogP contribution in [0.2, 0.25) is 0 Å². The quantitative estimate of drug-likeness (QED) is 0.722. The van der Waals surface area contributed by atoms with Gasteiger partial charge in [0.05, 0.1) is 12.2 Å². The summed E-state index contributed by atoms with van der Waals surface area (Å²) in [6.07, 6.45) is 3.14. The van der Waals surface area contributed by atoms with E-state index in [0.29, 0.717) is 5.70 Å². The number of nitrogens with zero attached hydrogens (tertiary/aromatic N) is 1. The van der Waals surface area contributed by atoms with E-state index in [2.05, 4.69) is 29.8 Å². The number of hydrogen-bond donors (Lipinski definition) is 3. The Hall–Kier alpha value is -2.36. The molecule has 2 heterocycles. The first-order chi connectivity index (χ1) is 9.54. The summed E-state index contributed by atoms with van der Waals surface area (Å²) in [7, 11) is 0. The summed E-state index contributed by atoms with van der Waals surface area (Å²) in [6, 6.07) is 3.64. The molecule has 3 rings (SSSR count). The van der Waals surface area contributed by atoms with Crippen LogP contribution in [0, 0.1) is 6.92 Å². The van der Waals surface area contributed by atoms with Gasteiger partial charge >= 0.3 is 0 Å². The first kappa shape index (κ1) is 12.7. The molecule has 0 bridgehead atoms. The Morgan fingerprint density at radius 1 is 1.55 bits per heavy atom. The van der Waals surface area contributed by atoms with E-state index in [-0.39, 0.29) is 5.75 Å². The van der Waals surface area contributed by atoms with E-state index >= 15 is 0 Å². The fourth-order valence-electron chi connectivity index (χ4n) is 2.98. The maximum atomic E-state index is 10.0. The van der Waals surface area contributed by atoms with Crippen LogP contribution < -0.4 is 16.0 Å². The lowest BCUT2D eigenvalue weighted by atomic mass is 10.0. The molecule has 0 unspecified atom stereocenters. The number of hydrogen-bond acceptors (Lipinski definition) is 4. The second-order valence-corrected chi connectivity index (χ2v) is 5.22. The monoisotopic (exact) mass is 269 g/mol. The van der Waals surface area contributed by atoms with Crippen LogP contribution in [0.1, 0.15) is 18.9 Å². The minimum absolute atomic E-state index is 0.260. The lowest BCUT2D eigenvalue weighted by molar-refractivity contribution is 0.478. The Balaban J connectivity index is 2.19. The van der Waals surface area contributed by atoms with Crippen molar-refractivity contribution in [2.45, 2.75) is 20.3 Å². The molecule has 1 aromatic carbocycles. The van der Waals surface area contributed by atoms with Gasteiger partial charge in [0.1, 0.15) is 17.3 Å². The molecule has 4 N–H and O–H groups in total. The van der Waals surface area contributed by atoms with Gasteiger partial charge in [0.25, 0.3) is 0 Å². The zero-order chi connectivity index (χ0) is 14.4. The van der Waals surface area contributed by atoms with E-state index in [4.69, 9.17) is 5.73 Å². The van der Waals surface area contributed by atoms with Crippen molar-refractivity contribution in [3.05, 3.63) is 53.0 Å². The van der Waals surface area contributed by atoms with Gasteiger partial charge in [0, 0.05) is 11.3 Å². The van der Waals surface area contributed by atoms with Gasteiger partial charge in [-0.25, -0.2) is 0 Å². The average molecular weight is 269 g/mol. The van der Waals surface area contributed by atoms with E-state index in [0.717, 1.165) is 41.3 Å². The molecule has 2 aliphatic rings. The highest BCUT2D eigenvalue weighted by Gasteiger charge is 2.36. The maximum Gasteiger partial charge on any atom is 0.141 e. The van der Waals surface area contributed by atoms with Gasteiger partial charge in [0.2, 0.25) is 0 Å². The molecule has 0 atom stereocenters. The van der Waals surface area contributed by atoms with Crippen molar-refractivity contribution in [3.8, 4) is 5.75 Å². The summed E-state index contributed by atoms with van der Waals surface area (Å²) in [6.45, 7) is 8.80. The number of allylic oxidation sites excluding steroid dienone is 2. The van der Waals surface area contributed by atoms with Crippen LogP contribution in [0.3, 0.4) is 0 Å². The lowest BCUT2D eigenvalue weighted by Gasteiger charge is -2.16. The molecular formula is C16H19N3O. The van der Waals surface area contributed by atoms with Crippen LogP contribution in [0.4, 0.5) is 11.4 Å². The van der Waals surface area contributed by atoms with Crippen molar-refractivity contribution in [2.75, 3.05) is 16.8 Å².